The summed E-state index contributed by atoms with van der Waals surface area (Å²) in [7, 11) is 0. The lowest BCUT2D eigenvalue weighted by Crippen LogP contribution is -2.15. The van der Waals surface area contributed by atoms with E-state index in [2.05, 4.69) is 44.7 Å². The van der Waals surface area contributed by atoms with Crippen LogP contribution in [-0.2, 0) is 10.2 Å². The van der Waals surface area contributed by atoms with Gasteiger partial charge in [-0.05, 0) is 41.3 Å². The molecule has 0 aromatic heterocycles. The summed E-state index contributed by atoms with van der Waals surface area (Å²) in [6.07, 6.45) is 0. The first-order valence-corrected chi connectivity index (χ1v) is 7.03. The second-order valence-electron chi connectivity index (χ2n) is 6.05. The van der Waals surface area contributed by atoms with Gasteiger partial charge in [0.05, 0.1) is 0 Å². The van der Waals surface area contributed by atoms with Gasteiger partial charge in [0, 0.05) is 11.0 Å². The molecule has 2 nitrogen and oxygen atoms in total. The van der Waals surface area contributed by atoms with Crippen LogP contribution in [0.2, 0.25) is 0 Å². The highest BCUT2D eigenvalue weighted by molar-refractivity contribution is 5.89. The second kappa shape index (κ2) is 4.59. The van der Waals surface area contributed by atoms with Crippen molar-refractivity contribution >= 4 is 5.97 Å². The summed E-state index contributed by atoms with van der Waals surface area (Å²) in [5.41, 5.74) is 5.29. The SMILES string of the molecule is C=C(C)C(=O)Oc1ccc2c(c1)C(C)(C)c1ccccc1-2. The number of rotatable bonds is 2. The number of benzene rings is 2. The van der Waals surface area contributed by atoms with Gasteiger partial charge in [-0.1, -0.05) is 50.8 Å². The van der Waals surface area contributed by atoms with E-state index in [-0.39, 0.29) is 11.4 Å². The molecule has 0 bridgehead atoms. The van der Waals surface area contributed by atoms with Crippen molar-refractivity contribution in [1.29, 1.82) is 0 Å². The Morgan fingerprint density at radius 3 is 2.43 bits per heavy atom. The average Bonchev–Trinajstić information content (AvgIpc) is 2.68. The minimum Gasteiger partial charge on any atom is -0.423 e. The van der Waals surface area contributed by atoms with Crippen LogP contribution in [0.1, 0.15) is 31.9 Å². The van der Waals surface area contributed by atoms with Gasteiger partial charge >= 0.3 is 5.97 Å². The number of esters is 1. The normalized spacial score (nSPS) is 14.2. The molecule has 0 radical (unpaired) electrons. The Morgan fingerprint density at radius 1 is 1.05 bits per heavy atom. The number of carbonyl (C=O) groups is 1. The molecule has 2 aromatic carbocycles. The minimum atomic E-state index is -0.386. The van der Waals surface area contributed by atoms with Gasteiger partial charge in [-0.15, -0.1) is 0 Å². The Bertz CT molecular complexity index is 754. The molecule has 2 heteroatoms. The second-order valence-corrected chi connectivity index (χ2v) is 6.05. The quantitative estimate of drug-likeness (QED) is 0.460. The molecule has 0 fully saturated rings. The van der Waals surface area contributed by atoms with E-state index in [0.717, 1.165) is 0 Å². The van der Waals surface area contributed by atoms with Gasteiger partial charge in [0.2, 0.25) is 0 Å². The van der Waals surface area contributed by atoms with E-state index in [0.29, 0.717) is 11.3 Å². The summed E-state index contributed by atoms with van der Waals surface area (Å²) in [4.78, 5) is 11.7. The first kappa shape index (κ1) is 13.6. The lowest BCUT2D eigenvalue weighted by Gasteiger charge is -2.21. The van der Waals surface area contributed by atoms with Gasteiger partial charge < -0.3 is 4.74 Å². The standard InChI is InChI=1S/C19H18O2/c1-12(2)18(20)21-13-9-10-15-14-7-5-6-8-16(14)19(3,4)17(15)11-13/h5-11H,1H2,2-4H3. The number of fused-ring (bicyclic) bond motifs is 3. The lowest BCUT2D eigenvalue weighted by atomic mass is 9.82. The summed E-state index contributed by atoms with van der Waals surface area (Å²) in [5.74, 6) is 0.186. The predicted molar refractivity (Wildman–Crippen MR) is 84.5 cm³/mol. The van der Waals surface area contributed by atoms with Crippen LogP contribution in [0.4, 0.5) is 0 Å². The number of hydrogen-bond donors (Lipinski definition) is 0. The smallest absolute Gasteiger partial charge is 0.338 e. The van der Waals surface area contributed by atoms with Crippen LogP contribution in [0, 0.1) is 0 Å². The van der Waals surface area contributed by atoms with Crippen LogP contribution >= 0.6 is 0 Å². The van der Waals surface area contributed by atoms with Gasteiger partial charge in [-0.25, -0.2) is 4.79 Å². The lowest BCUT2D eigenvalue weighted by molar-refractivity contribution is -0.130. The molecule has 0 amide bonds. The topological polar surface area (TPSA) is 26.3 Å². The molecule has 1 aliphatic rings. The van der Waals surface area contributed by atoms with Crippen LogP contribution in [0.5, 0.6) is 5.75 Å². The molecular formula is C19H18O2. The summed E-state index contributed by atoms with van der Waals surface area (Å²) >= 11 is 0. The summed E-state index contributed by atoms with van der Waals surface area (Å²) in [6.45, 7) is 9.65. The maximum Gasteiger partial charge on any atom is 0.338 e. The average molecular weight is 278 g/mol. The fourth-order valence-electron chi connectivity index (χ4n) is 2.94. The third-order valence-electron chi connectivity index (χ3n) is 4.11. The van der Waals surface area contributed by atoms with Crippen molar-refractivity contribution in [3.8, 4) is 16.9 Å². The zero-order valence-corrected chi connectivity index (χ0v) is 12.6. The molecular weight excluding hydrogens is 260 g/mol. The Morgan fingerprint density at radius 2 is 1.71 bits per heavy atom. The van der Waals surface area contributed by atoms with E-state index in [9.17, 15) is 4.79 Å². The van der Waals surface area contributed by atoms with E-state index in [1.807, 2.05) is 18.2 Å². The van der Waals surface area contributed by atoms with E-state index in [4.69, 9.17) is 4.74 Å². The minimum absolute atomic E-state index is 0.0857. The molecule has 0 unspecified atom stereocenters. The number of ether oxygens (including phenoxy) is 1. The molecule has 0 N–H and O–H groups in total. The van der Waals surface area contributed by atoms with Gasteiger partial charge in [0.15, 0.2) is 0 Å². The first-order valence-electron chi connectivity index (χ1n) is 7.03. The van der Waals surface area contributed by atoms with Crippen molar-refractivity contribution in [3.05, 3.63) is 65.7 Å². The van der Waals surface area contributed by atoms with Gasteiger partial charge in [-0.2, -0.15) is 0 Å². The highest BCUT2D eigenvalue weighted by atomic mass is 16.5. The Kier molecular flexibility index (Phi) is 2.98. The highest BCUT2D eigenvalue weighted by Crippen LogP contribution is 2.49. The van der Waals surface area contributed by atoms with Crippen molar-refractivity contribution in [2.24, 2.45) is 0 Å². The van der Waals surface area contributed by atoms with Crippen LogP contribution in [0.15, 0.2) is 54.6 Å². The van der Waals surface area contributed by atoms with Crippen molar-refractivity contribution in [2.45, 2.75) is 26.2 Å². The van der Waals surface area contributed by atoms with Crippen LogP contribution < -0.4 is 4.74 Å². The van der Waals surface area contributed by atoms with Crippen molar-refractivity contribution in [1.82, 2.24) is 0 Å². The van der Waals surface area contributed by atoms with Crippen molar-refractivity contribution < 1.29 is 9.53 Å². The fourth-order valence-corrected chi connectivity index (χ4v) is 2.94. The Hall–Kier alpha value is -2.35. The molecule has 0 heterocycles. The summed E-state index contributed by atoms with van der Waals surface area (Å²) < 4.78 is 5.35. The largest absolute Gasteiger partial charge is 0.423 e. The fraction of sp³-hybridized carbons (Fsp3) is 0.211. The number of carbonyl (C=O) groups excluding carboxylic acids is 1. The third-order valence-corrected chi connectivity index (χ3v) is 4.11. The highest BCUT2D eigenvalue weighted by Gasteiger charge is 2.35. The molecule has 3 rings (SSSR count). The molecule has 21 heavy (non-hydrogen) atoms. The molecule has 0 aliphatic heterocycles. The molecule has 2 aromatic rings. The van der Waals surface area contributed by atoms with Gasteiger partial charge in [-0.3, -0.25) is 0 Å². The monoisotopic (exact) mass is 278 g/mol. The van der Waals surface area contributed by atoms with E-state index in [1.54, 1.807) is 6.92 Å². The Labute approximate surface area is 125 Å². The predicted octanol–water partition coefficient (Wildman–Crippen LogP) is 4.47. The Balaban J connectivity index is 2.07. The maximum absolute atomic E-state index is 11.7. The molecule has 0 saturated carbocycles. The first-order chi connectivity index (χ1) is 9.91. The van der Waals surface area contributed by atoms with Crippen molar-refractivity contribution in [3.63, 3.8) is 0 Å². The van der Waals surface area contributed by atoms with E-state index in [1.165, 1.54) is 22.3 Å². The zero-order valence-electron chi connectivity index (χ0n) is 12.6. The summed E-state index contributed by atoms with van der Waals surface area (Å²) in [5, 5.41) is 0. The maximum atomic E-state index is 11.7. The van der Waals surface area contributed by atoms with Crippen LogP contribution in [-0.4, -0.2) is 5.97 Å². The summed E-state index contributed by atoms with van der Waals surface area (Å²) in [6, 6.07) is 14.3. The number of hydrogen-bond acceptors (Lipinski definition) is 2. The van der Waals surface area contributed by atoms with Gasteiger partial charge in [0.25, 0.3) is 0 Å². The van der Waals surface area contributed by atoms with Crippen molar-refractivity contribution in [2.75, 3.05) is 0 Å². The van der Waals surface area contributed by atoms with Crippen LogP contribution in [0.3, 0.4) is 0 Å². The molecule has 0 saturated heterocycles. The van der Waals surface area contributed by atoms with E-state index >= 15 is 0 Å². The molecule has 0 atom stereocenters. The third kappa shape index (κ3) is 2.07. The van der Waals surface area contributed by atoms with E-state index < -0.39 is 0 Å². The van der Waals surface area contributed by atoms with Crippen LogP contribution in [0.25, 0.3) is 11.1 Å². The molecule has 106 valence electrons. The molecule has 0 spiro atoms. The molecule has 1 aliphatic carbocycles. The van der Waals surface area contributed by atoms with Gasteiger partial charge in [0.1, 0.15) is 5.75 Å². The zero-order chi connectivity index (χ0) is 15.2.